The minimum absolute atomic E-state index is 0.318. The minimum Gasteiger partial charge on any atom is -0.335 e. The van der Waals surface area contributed by atoms with E-state index in [0.29, 0.717) is 23.8 Å². The average molecular weight is 343 g/mol. The Morgan fingerprint density at radius 1 is 1.21 bits per heavy atom. The molecule has 0 saturated heterocycles. The molecule has 0 bridgehead atoms. The van der Waals surface area contributed by atoms with Crippen molar-refractivity contribution in [2.75, 3.05) is 6.54 Å². The van der Waals surface area contributed by atoms with Crippen molar-refractivity contribution in [1.29, 1.82) is 0 Å². The molecule has 0 unspecified atom stereocenters. The molecule has 126 valence electrons. The predicted molar refractivity (Wildman–Crippen MR) is 93.7 cm³/mol. The topological polar surface area (TPSA) is 64.0 Å². The van der Waals surface area contributed by atoms with Crippen molar-refractivity contribution in [2.45, 2.75) is 32.2 Å². The van der Waals surface area contributed by atoms with Gasteiger partial charge in [0.15, 0.2) is 0 Å². The number of rotatable bonds is 4. The van der Waals surface area contributed by atoms with Crippen LogP contribution in [-0.4, -0.2) is 24.5 Å². The first-order valence-corrected chi connectivity index (χ1v) is 9.88. The number of benzene rings is 1. The van der Waals surface area contributed by atoms with Gasteiger partial charge in [0.2, 0.25) is 10.0 Å². The minimum atomic E-state index is -3.40. The fourth-order valence-corrected chi connectivity index (χ4v) is 4.84. The summed E-state index contributed by atoms with van der Waals surface area (Å²) in [6, 6.07) is 7.99. The molecule has 1 aromatic carbocycles. The molecule has 0 radical (unpaired) electrons. The van der Waals surface area contributed by atoms with Gasteiger partial charge in [-0.15, -0.1) is 0 Å². The molecule has 24 heavy (non-hydrogen) atoms. The van der Waals surface area contributed by atoms with E-state index in [1.54, 1.807) is 0 Å². The SMILES string of the molecule is O=S(=O)(NC[C@@H]1CCc2nccn2C1)C1=Cc2ccccc2CC1. The Kier molecular flexibility index (Phi) is 4.02. The summed E-state index contributed by atoms with van der Waals surface area (Å²) < 4.78 is 30.2. The highest BCUT2D eigenvalue weighted by Crippen LogP contribution is 2.27. The number of sulfonamides is 1. The lowest BCUT2D eigenvalue weighted by atomic mass is 9.98. The van der Waals surface area contributed by atoms with Crippen LogP contribution in [0.4, 0.5) is 0 Å². The lowest BCUT2D eigenvalue weighted by Crippen LogP contribution is -2.34. The molecular formula is C18H21N3O2S. The van der Waals surface area contributed by atoms with E-state index in [1.165, 1.54) is 5.56 Å². The summed E-state index contributed by atoms with van der Waals surface area (Å²) in [6.07, 6.45) is 8.84. The molecule has 0 amide bonds. The second-order valence-corrected chi connectivity index (χ2v) is 8.38. The molecule has 1 atom stereocenters. The maximum absolute atomic E-state index is 12.6. The molecule has 1 N–H and O–H groups in total. The number of aryl methyl sites for hydroxylation is 2. The van der Waals surface area contributed by atoms with E-state index in [0.717, 1.165) is 37.2 Å². The Hall–Kier alpha value is -1.92. The van der Waals surface area contributed by atoms with E-state index >= 15 is 0 Å². The quantitative estimate of drug-likeness (QED) is 0.927. The van der Waals surface area contributed by atoms with E-state index in [1.807, 2.05) is 36.7 Å². The van der Waals surface area contributed by atoms with Gasteiger partial charge in [0.1, 0.15) is 5.82 Å². The number of hydrogen-bond acceptors (Lipinski definition) is 3. The summed E-state index contributed by atoms with van der Waals surface area (Å²) in [7, 11) is -3.40. The van der Waals surface area contributed by atoms with Crippen LogP contribution in [0.2, 0.25) is 0 Å². The first-order chi connectivity index (χ1) is 11.6. The molecule has 2 heterocycles. The molecule has 2 aromatic rings. The number of fused-ring (bicyclic) bond motifs is 2. The number of hydrogen-bond donors (Lipinski definition) is 1. The lowest BCUT2D eigenvalue weighted by Gasteiger charge is -2.24. The van der Waals surface area contributed by atoms with Gasteiger partial charge >= 0.3 is 0 Å². The van der Waals surface area contributed by atoms with Crippen LogP contribution in [0.5, 0.6) is 0 Å². The Bertz CT molecular complexity index is 883. The number of nitrogens with zero attached hydrogens (tertiary/aromatic N) is 2. The highest BCUT2D eigenvalue weighted by Gasteiger charge is 2.24. The number of allylic oxidation sites excluding steroid dienone is 1. The van der Waals surface area contributed by atoms with E-state index < -0.39 is 10.0 Å². The van der Waals surface area contributed by atoms with Gasteiger partial charge in [-0.3, -0.25) is 0 Å². The summed E-state index contributed by atoms with van der Waals surface area (Å²) in [5.41, 5.74) is 2.24. The Labute approximate surface area is 142 Å². The Balaban J connectivity index is 1.44. The zero-order chi connectivity index (χ0) is 16.6. The molecule has 4 rings (SSSR count). The molecule has 1 aromatic heterocycles. The molecule has 1 aliphatic heterocycles. The van der Waals surface area contributed by atoms with Crippen LogP contribution in [-0.2, 0) is 29.4 Å². The summed E-state index contributed by atoms with van der Waals surface area (Å²) in [6.45, 7) is 1.32. The smallest absolute Gasteiger partial charge is 0.236 e. The van der Waals surface area contributed by atoms with Crippen molar-refractivity contribution < 1.29 is 8.42 Å². The van der Waals surface area contributed by atoms with Gasteiger partial charge in [0.05, 0.1) is 4.91 Å². The monoisotopic (exact) mass is 343 g/mol. The average Bonchev–Trinajstić information content (AvgIpc) is 3.07. The van der Waals surface area contributed by atoms with Gasteiger partial charge in [-0.25, -0.2) is 18.1 Å². The lowest BCUT2D eigenvalue weighted by molar-refractivity contribution is 0.364. The van der Waals surface area contributed by atoms with Crippen LogP contribution in [0.3, 0.4) is 0 Å². The summed E-state index contributed by atoms with van der Waals surface area (Å²) >= 11 is 0. The molecule has 5 nitrogen and oxygen atoms in total. The van der Waals surface area contributed by atoms with Crippen LogP contribution in [0.25, 0.3) is 6.08 Å². The van der Waals surface area contributed by atoms with Crippen molar-refractivity contribution in [3.63, 3.8) is 0 Å². The molecule has 6 heteroatoms. The fraction of sp³-hybridized carbons (Fsp3) is 0.389. The summed E-state index contributed by atoms with van der Waals surface area (Å²) in [5.74, 6) is 1.42. The van der Waals surface area contributed by atoms with Crippen LogP contribution < -0.4 is 4.72 Å². The Morgan fingerprint density at radius 3 is 3.00 bits per heavy atom. The van der Waals surface area contributed by atoms with Crippen molar-refractivity contribution in [3.05, 3.63) is 58.5 Å². The standard InChI is InChI=1S/C18H21N3O2S/c22-24(23,17-7-6-15-3-1-2-4-16(15)11-17)20-12-14-5-8-18-19-9-10-21(18)13-14/h1-4,9-11,14,20H,5-8,12-13H2/t14-/m0/s1. The van der Waals surface area contributed by atoms with E-state index in [4.69, 9.17) is 0 Å². The first kappa shape index (κ1) is 15.6. The third-order valence-corrected chi connectivity index (χ3v) is 6.51. The van der Waals surface area contributed by atoms with E-state index in [9.17, 15) is 8.42 Å². The molecule has 0 spiro atoms. The van der Waals surface area contributed by atoms with Gasteiger partial charge in [-0.05, 0) is 42.4 Å². The predicted octanol–water partition coefficient (Wildman–Crippen LogP) is 2.35. The normalized spacial score (nSPS) is 20.2. The zero-order valence-electron chi connectivity index (χ0n) is 13.5. The van der Waals surface area contributed by atoms with Crippen LogP contribution in [0, 0.1) is 5.92 Å². The number of aromatic nitrogens is 2. The maximum Gasteiger partial charge on any atom is 0.236 e. The van der Waals surface area contributed by atoms with Crippen LogP contribution in [0.15, 0.2) is 41.6 Å². The second-order valence-electron chi connectivity index (χ2n) is 6.56. The molecule has 0 saturated carbocycles. The van der Waals surface area contributed by atoms with Crippen LogP contribution in [0.1, 0.15) is 29.8 Å². The number of nitrogens with one attached hydrogen (secondary N) is 1. The van der Waals surface area contributed by atoms with Crippen molar-refractivity contribution in [1.82, 2.24) is 14.3 Å². The van der Waals surface area contributed by atoms with Crippen molar-refractivity contribution in [2.24, 2.45) is 5.92 Å². The summed E-state index contributed by atoms with van der Waals surface area (Å²) in [5, 5.41) is 0. The van der Waals surface area contributed by atoms with Gasteiger partial charge in [0.25, 0.3) is 0 Å². The third kappa shape index (κ3) is 3.03. The fourth-order valence-electron chi connectivity index (χ4n) is 3.54. The molecule has 0 fully saturated rings. The second kappa shape index (κ2) is 6.18. The highest BCUT2D eigenvalue weighted by atomic mass is 32.2. The van der Waals surface area contributed by atoms with Gasteiger partial charge < -0.3 is 4.57 Å². The Morgan fingerprint density at radius 2 is 2.08 bits per heavy atom. The molecule has 1 aliphatic carbocycles. The van der Waals surface area contributed by atoms with Crippen molar-refractivity contribution >= 4 is 16.1 Å². The van der Waals surface area contributed by atoms with Gasteiger partial charge in [-0.1, -0.05) is 24.3 Å². The third-order valence-electron chi connectivity index (χ3n) is 4.95. The van der Waals surface area contributed by atoms with Crippen molar-refractivity contribution in [3.8, 4) is 0 Å². The zero-order valence-corrected chi connectivity index (χ0v) is 14.3. The highest BCUT2D eigenvalue weighted by molar-refractivity contribution is 7.93. The molecule has 2 aliphatic rings. The number of imidazole rings is 1. The van der Waals surface area contributed by atoms with E-state index in [2.05, 4.69) is 20.3 Å². The molecular weight excluding hydrogens is 322 g/mol. The van der Waals surface area contributed by atoms with Gasteiger partial charge in [-0.2, -0.15) is 0 Å². The van der Waals surface area contributed by atoms with Crippen LogP contribution >= 0.6 is 0 Å². The summed E-state index contributed by atoms with van der Waals surface area (Å²) in [4.78, 5) is 4.81. The first-order valence-electron chi connectivity index (χ1n) is 8.40. The van der Waals surface area contributed by atoms with E-state index in [-0.39, 0.29) is 0 Å². The maximum atomic E-state index is 12.6. The van der Waals surface area contributed by atoms with Gasteiger partial charge in [0, 0.05) is 31.9 Å². The largest absolute Gasteiger partial charge is 0.335 e.